The molecule has 0 aliphatic heterocycles. The van der Waals surface area contributed by atoms with Crippen LogP contribution in [0.1, 0.15) is 37.3 Å². The van der Waals surface area contributed by atoms with Crippen molar-refractivity contribution in [2.24, 2.45) is 11.7 Å². The average Bonchev–Trinajstić information content (AvgIpc) is 2.87. The summed E-state index contributed by atoms with van der Waals surface area (Å²) in [5, 5.41) is 9.93. The highest BCUT2D eigenvalue weighted by molar-refractivity contribution is 6.30. The largest absolute Gasteiger partial charge is 0.391 e. The molecule has 1 aromatic rings. The summed E-state index contributed by atoms with van der Waals surface area (Å²) in [4.78, 5) is 0. The molecule has 0 aromatic heterocycles. The first kappa shape index (κ1) is 13.7. The zero-order valence-electron chi connectivity index (χ0n) is 9.87. The number of aliphatic hydroxyl groups excluding tert-OH is 1. The highest BCUT2D eigenvalue weighted by Crippen LogP contribution is 2.35. The lowest BCUT2D eigenvalue weighted by Crippen LogP contribution is -2.33. The lowest BCUT2D eigenvalue weighted by atomic mass is 9.90. The highest BCUT2D eigenvalue weighted by atomic mass is 35.5. The van der Waals surface area contributed by atoms with Crippen molar-refractivity contribution in [1.82, 2.24) is 0 Å². The quantitative estimate of drug-likeness (QED) is 0.833. The number of hydrogen-bond acceptors (Lipinski definition) is 2. The summed E-state index contributed by atoms with van der Waals surface area (Å²) in [5.74, 6) is -1.62. The van der Waals surface area contributed by atoms with E-state index in [0.29, 0.717) is 0 Å². The van der Waals surface area contributed by atoms with E-state index in [0.717, 1.165) is 37.8 Å². The molecule has 1 aromatic carbocycles. The fraction of sp³-hybridized carbons (Fsp3) is 0.538. The summed E-state index contributed by atoms with van der Waals surface area (Å²) < 4.78 is 27.4. The summed E-state index contributed by atoms with van der Waals surface area (Å²) in [6.07, 6.45) is 2.80. The Hall–Kier alpha value is -0.710. The zero-order valence-corrected chi connectivity index (χ0v) is 10.6. The smallest absolute Gasteiger partial charge is 0.149 e. The summed E-state index contributed by atoms with van der Waals surface area (Å²) in [6.45, 7) is 0. The molecular weight excluding hydrogens is 260 g/mol. The molecule has 2 atom stereocenters. The molecule has 0 unspecified atom stereocenters. The molecule has 3 N–H and O–H groups in total. The van der Waals surface area contributed by atoms with E-state index in [9.17, 15) is 13.9 Å². The Bertz CT molecular complexity index is 435. The van der Waals surface area contributed by atoms with E-state index in [1.54, 1.807) is 0 Å². The van der Waals surface area contributed by atoms with Crippen LogP contribution in [0.3, 0.4) is 0 Å². The maximum atomic E-state index is 13.8. The summed E-state index contributed by atoms with van der Waals surface area (Å²) in [7, 11) is 0. The van der Waals surface area contributed by atoms with Gasteiger partial charge in [0.1, 0.15) is 11.6 Å². The number of halogens is 3. The second-order valence-electron chi connectivity index (χ2n) is 4.82. The normalized spacial score (nSPS) is 20.1. The molecule has 1 saturated carbocycles. The van der Waals surface area contributed by atoms with Crippen LogP contribution in [0.4, 0.5) is 8.78 Å². The van der Waals surface area contributed by atoms with E-state index in [1.165, 1.54) is 0 Å². The van der Waals surface area contributed by atoms with E-state index in [4.69, 9.17) is 17.3 Å². The molecule has 0 heterocycles. The number of benzene rings is 1. The van der Waals surface area contributed by atoms with Crippen molar-refractivity contribution in [3.63, 3.8) is 0 Å². The van der Waals surface area contributed by atoms with Crippen molar-refractivity contribution >= 4 is 11.6 Å². The van der Waals surface area contributed by atoms with Gasteiger partial charge in [-0.15, -0.1) is 0 Å². The van der Waals surface area contributed by atoms with Gasteiger partial charge in [0.2, 0.25) is 0 Å². The first-order valence-electron chi connectivity index (χ1n) is 6.09. The van der Waals surface area contributed by atoms with Gasteiger partial charge in [-0.1, -0.05) is 24.4 Å². The molecule has 0 spiro atoms. The van der Waals surface area contributed by atoms with Gasteiger partial charge in [0.25, 0.3) is 0 Å². The van der Waals surface area contributed by atoms with Crippen molar-refractivity contribution in [3.05, 3.63) is 34.4 Å². The van der Waals surface area contributed by atoms with Gasteiger partial charge in [-0.25, -0.2) is 8.78 Å². The van der Waals surface area contributed by atoms with Crippen LogP contribution in [0.5, 0.6) is 0 Å². The van der Waals surface area contributed by atoms with Crippen molar-refractivity contribution in [3.8, 4) is 0 Å². The van der Waals surface area contributed by atoms with Gasteiger partial charge < -0.3 is 10.8 Å². The van der Waals surface area contributed by atoms with Gasteiger partial charge in [-0.3, -0.25) is 0 Å². The first-order valence-corrected chi connectivity index (χ1v) is 6.47. The molecule has 2 nitrogen and oxygen atoms in total. The second-order valence-corrected chi connectivity index (χ2v) is 5.22. The molecule has 0 bridgehead atoms. The van der Waals surface area contributed by atoms with Gasteiger partial charge in [-0.05, 0) is 30.9 Å². The minimum Gasteiger partial charge on any atom is -0.391 e. The third-order valence-electron chi connectivity index (χ3n) is 3.66. The van der Waals surface area contributed by atoms with Crippen molar-refractivity contribution < 1.29 is 13.9 Å². The molecule has 0 amide bonds. The molecule has 1 fully saturated rings. The molecule has 1 aliphatic carbocycles. The van der Waals surface area contributed by atoms with Gasteiger partial charge in [0.05, 0.1) is 17.2 Å². The average molecular weight is 276 g/mol. The lowest BCUT2D eigenvalue weighted by Gasteiger charge is -2.25. The predicted octanol–water partition coefficient (Wildman–Crippen LogP) is 3.17. The van der Waals surface area contributed by atoms with Crippen LogP contribution in [0, 0.1) is 17.6 Å². The van der Waals surface area contributed by atoms with Gasteiger partial charge in [0, 0.05) is 5.56 Å². The number of nitrogens with two attached hydrogens (primary N) is 1. The molecule has 1 aliphatic rings. The Kier molecular flexibility index (Phi) is 4.20. The third-order valence-corrected chi connectivity index (χ3v) is 3.96. The first-order chi connectivity index (χ1) is 8.52. The van der Waals surface area contributed by atoms with Gasteiger partial charge in [0.15, 0.2) is 0 Å². The molecule has 5 heteroatoms. The van der Waals surface area contributed by atoms with Crippen molar-refractivity contribution in [2.45, 2.75) is 37.8 Å². The monoisotopic (exact) mass is 275 g/mol. The maximum Gasteiger partial charge on any atom is 0.149 e. The molecule has 100 valence electrons. The minimum atomic E-state index is -1.08. The summed E-state index contributed by atoms with van der Waals surface area (Å²) in [6, 6.07) is 1.14. The van der Waals surface area contributed by atoms with Crippen molar-refractivity contribution in [1.29, 1.82) is 0 Å². The van der Waals surface area contributed by atoms with E-state index >= 15 is 0 Å². The molecule has 0 radical (unpaired) electrons. The topological polar surface area (TPSA) is 46.2 Å². The summed E-state index contributed by atoms with van der Waals surface area (Å²) >= 11 is 5.62. The number of rotatable bonds is 3. The van der Waals surface area contributed by atoms with E-state index in [-0.39, 0.29) is 16.5 Å². The second kappa shape index (κ2) is 5.51. The van der Waals surface area contributed by atoms with E-state index < -0.39 is 23.8 Å². The Morgan fingerprint density at radius 2 is 1.89 bits per heavy atom. The van der Waals surface area contributed by atoms with Crippen molar-refractivity contribution in [2.75, 3.05) is 0 Å². The van der Waals surface area contributed by atoms with Gasteiger partial charge in [-0.2, -0.15) is 0 Å². The van der Waals surface area contributed by atoms with Gasteiger partial charge >= 0.3 is 0 Å². The van der Waals surface area contributed by atoms with E-state index in [1.807, 2.05) is 0 Å². The fourth-order valence-electron chi connectivity index (χ4n) is 2.61. The number of hydrogen-bond donors (Lipinski definition) is 2. The minimum absolute atomic E-state index is 0.0118. The fourth-order valence-corrected chi connectivity index (χ4v) is 2.78. The maximum absolute atomic E-state index is 13.8. The van der Waals surface area contributed by atoms with Crippen LogP contribution < -0.4 is 5.73 Å². The standard InChI is InChI=1S/C13H16ClF2NO/c14-8-5-6-9(15)10(11(8)16)12(17)13(18)7-3-1-2-4-7/h5-7,12-13,18H,1-4,17H2/t12-,13+/m0/s1. The number of aliphatic hydroxyl groups is 1. The molecule has 2 rings (SSSR count). The Labute approximate surface area is 110 Å². The Morgan fingerprint density at radius 1 is 1.28 bits per heavy atom. The van der Waals surface area contributed by atoms with Crippen LogP contribution in [0.15, 0.2) is 12.1 Å². The van der Waals surface area contributed by atoms with Crippen LogP contribution in [0.25, 0.3) is 0 Å². The van der Waals surface area contributed by atoms with Crippen LogP contribution >= 0.6 is 11.6 Å². The molecular formula is C13H16ClF2NO. The highest BCUT2D eigenvalue weighted by Gasteiger charge is 2.32. The zero-order chi connectivity index (χ0) is 13.3. The van der Waals surface area contributed by atoms with Crippen LogP contribution in [-0.4, -0.2) is 11.2 Å². The van der Waals surface area contributed by atoms with Crippen LogP contribution in [-0.2, 0) is 0 Å². The SMILES string of the molecule is N[C@@H](c1c(F)ccc(Cl)c1F)[C@H](O)C1CCCC1. The summed E-state index contributed by atoms with van der Waals surface area (Å²) in [5.41, 5.74) is 5.48. The Morgan fingerprint density at radius 3 is 2.50 bits per heavy atom. The lowest BCUT2D eigenvalue weighted by molar-refractivity contribution is 0.0819. The molecule has 18 heavy (non-hydrogen) atoms. The Balaban J connectivity index is 2.27. The van der Waals surface area contributed by atoms with E-state index in [2.05, 4.69) is 0 Å². The third kappa shape index (κ3) is 2.51. The molecule has 0 saturated heterocycles. The van der Waals surface area contributed by atoms with Crippen LogP contribution in [0.2, 0.25) is 5.02 Å². The predicted molar refractivity (Wildman–Crippen MR) is 66.3 cm³/mol.